The Kier molecular flexibility index (Phi) is 22.5. The number of hydrogen-bond donors (Lipinski definition) is 11. The molecule has 3 aromatic carbocycles. The Morgan fingerprint density at radius 2 is 1.47 bits per heavy atom. The summed E-state index contributed by atoms with van der Waals surface area (Å²) in [5.74, 6) is -5.12. The standard InChI is InChI=1S/C55H73N5O25S3/c1-3-35-36(51(67)56-19-10-15-32-26-60(59-58-32)20-18-42(62)57-37-24-33(86(71,72)73)22-31-23-34(87(74,75)76)25-41(43(31)37)88(77,78)79)16-17-38(48(35)85-54-47(66)46(65)44(63)28(2)80-54)82-55-50(84-53(70)30-13-8-5-9-14-30)49(45(64)40(27-61)83-55)81-39(52(68)69)21-29-11-6-4-7-12-29/h5,8-9,13-14,22-26,28-29,35-36,38-40,44-50,54-55,61,63-66H,3-4,6-7,10-12,15-21,27H2,1-2H3,(H,56,67)(H,57,62)(H,68,69)(H,71,72,73)(H,74,75,76)(H,77,78,79)/t28-,35-,36-,38+,39-,40+,44+,45-,46+,47-,48+,49-,50+,54-,55+/m0/s1. The molecule has 2 amide bonds. The quantitative estimate of drug-likeness (QED) is 0.0254. The lowest BCUT2D eigenvalue weighted by molar-refractivity contribution is -0.350. The van der Waals surface area contributed by atoms with Crippen LogP contribution in [-0.2, 0) is 86.1 Å². The Labute approximate surface area is 506 Å². The van der Waals surface area contributed by atoms with Crippen LogP contribution in [0.2, 0.25) is 0 Å². The van der Waals surface area contributed by atoms with E-state index in [1.165, 1.54) is 29.9 Å². The van der Waals surface area contributed by atoms with Gasteiger partial charge in [-0.25, -0.2) is 9.59 Å². The summed E-state index contributed by atoms with van der Waals surface area (Å²) in [6.07, 6.45) is -13.4. The molecule has 30 nitrogen and oxygen atoms in total. The van der Waals surface area contributed by atoms with Crippen LogP contribution in [0.25, 0.3) is 10.8 Å². The van der Waals surface area contributed by atoms with Crippen LogP contribution in [0, 0.1) is 17.8 Å². The third kappa shape index (κ3) is 16.6. The SMILES string of the molecule is CC[C@@H]1[C@@H](O[C@@H]2O[C@@H](C)[C@@H](O)[C@@H](O)[C@@H]2O)[C@H](O[C@@H]2O[C@H](CO)[C@H](O)[C@H](O[C@@H](CC3CCCCC3)C(=O)O)[C@H]2OC(=O)c2ccccc2)CC[C@@H]1C(=O)NCCCc1cn(CCC(=O)Nc2cc(S(=O)(=O)O)cc3cc(S(=O)(=O)O)cc(S(=O)(=O)O)c23)nn1. The minimum atomic E-state index is -5.30. The molecular weight excluding hydrogens is 1230 g/mol. The lowest BCUT2D eigenvalue weighted by Crippen LogP contribution is -2.64. The Balaban J connectivity index is 0.957. The third-order valence-electron chi connectivity index (χ3n) is 16.4. The fourth-order valence-electron chi connectivity index (χ4n) is 11.8. The minimum absolute atomic E-state index is 0.0114. The molecule has 0 bridgehead atoms. The van der Waals surface area contributed by atoms with Crippen LogP contribution in [0.15, 0.2) is 75.5 Å². The maximum Gasteiger partial charge on any atom is 0.338 e. The number of esters is 1. The molecule has 88 heavy (non-hydrogen) atoms. The molecule has 4 aromatic rings. The van der Waals surface area contributed by atoms with Crippen LogP contribution in [0.5, 0.6) is 0 Å². The predicted octanol–water partition coefficient (Wildman–Crippen LogP) is 1.40. The normalized spacial score (nSPS) is 28.6. The summed E-state index contributed by atoms with van der Waals surface area (Å²) in [5.41, 5.74) is -0.0757. The van der Waals surface area contributed by atoms with Crippen LogP contribution < -0.4 is 10.6 Å². The Hall–Kier alpha value is -5.73. The number of amides is 2. The van der Waals surface area contributed by atoms with Crippen molar-refractivity contribution in [2.75, 3.05) is 18.5 Å². The summed E-state index contributed by atoms with van der Waals surface area (Å²) in [5, 5.41) is 77.7. The Morgan fingerprint density at radius 1 is 0.784 bits per heavy atom. The highest BCUT2D eigenvalue weighted by molar-refractivity contribution is 7.87. The number of carboxylic acid groups (broad SMARTS) is 1. The summed E-state index contributed by atoms with van der Waals surface area (Å²) in [4.78, 5) is 51.2. The molecule has 15 atom stereocenters. The number of anilines is 1. The van der Waals surface area contributed by atoms with Crippen molar-refractivity contribution in [3.63, 3.8) is 0 Å². The van der Waals surface area contributed by atoms with Crippen LogP contribution in [0.1, 0.15) is 101 Å². The van der Waals surface area contributed by atoms with Gasteiger partial charge in [0.25, 0.3) is 30.4 Å². The maximum atomic E-state index is 14.3. The monoisotopic (exact) mass is 1300 g/mol. The molecule has 2 aliphatic carbocycles. The van der Waals surface area contributed by atoms with Gasteiger partial charge in [-0.3, -0.25) is 27.9 Å². The number of hydrogen-bond acceptors (Lipinski definition) is 23. The predicted molar refractivity (Wildman–Crippen MR) is 301 cm³/mol. The van der Waals surface area contributed by atoms with Gasteiger partial charge in [0, 0.05) is 30.5 Å². The zero-order chi connectivity index (χ0) is 64.0. The first-order chi connectivity index (χ1) is 41.6. The van der Waals surface area contributed by atoms with Gasteiger partial charge in [0.05, 0.1) is 58.2 Å². The third-order valence-corrected chi connectivity index (χ3v) is 18.9. The highest BCUT2D eigenvalue weighted by atomic mass is 32.2. The topological polar surface area (TPSA) is 463 Å². The number of ether oxygens (including phenoxy) is 6. The molecule has 11 N–H and O–H groups in total. The summed E-state index contributed by atoms with van der Waals surface area (Å²) < 4.78 is 141. The smallest absolute Gasteiger partial charge is 0.338 e. The number of carbonyl (C=O) groups is 4. The molecule has 0 spiro atoms. The average molecular weight is 1300 g/mol. The van der Waals surface area contributed by atoms with E-state index in [9.17, 15) is 88.7 Å². The number of fused-ring (bicyclic) bond motifs is 1. The number of aliphatic hydroxyl groups excluding tert-OH is 5. The summed E-state index contributed by atoms with van der Waals surface area (Å²) >= 11 is 0. The van der Waals surface area contributed by atoms with E-state index in [0.717, 1.165) is 32.1 Å². The van der Waals surface area contributed by atoms with E-state index in [1.54, 1.807) is 25.1 Å². The van der Waals surface area contributed by atoms with Crippen molar-refractivity contribution in [3.05, 3.63) is 72.1 Å². The second-order valence-electron chi connectivity index (χ2n) is 22.4. The van der Waals surface area contributed by atoms with E-state index in [2.05, 4.69) is 20.9 Å². The first kappa shape index (κ1) is 68.2. The number of carboxylic acids is 1. The number of nitrogens with zero attached hydrogens (tertiary/aromatic N) is 3. The molecule has 2 saturated heterocycles. The van der Waals surface area contributed by atoms with Crippen molar-refractivity contribution in [1.29, 1.82) is 0 Å². The number of carbonyl (C=O) groups excluding carboxylic acids is 3. The van der Waals surface area contributed by atoms with Crippen molar-refractivity contribution in [1.82, 2.24) is 20.3 Å². The molecule has 4 fully saturated rings. The number of aryl methyl sites for hydroxylation is 2. The summed E-state index contributed by atoms with van der Waals surface area (Å²) in [6.45, 7) is 2.34. The Bertz CT molecular complexity index is 3460. The van der Waals surface area contributed by atoms with Gasteiger partial charge in [0.1, 0.15) is 41.5 Å². The van der Waals surface area contributed by atoms with E-state index in [0.29, 0.717) is 36.4 Å². The van der Waals surface area contributed by atoms with Gasteiger partial charge in [-0.05, 0) is 99.1 Å². The maximum absolute atomic E-state index is 14.3. The first-order valence-electron chi connectivity index (χ1n) is 28.7. The number of aromatic nitrogens is 3. The van der Waals surface area contributed by atoms with Crippen molar-refractivity contribution in [2.45, 2.75) is 192 Å². The van der Waals surface area contributed by atoms with Gasteiger partial charge in [0.2, 0.25) is 11.8 Å². The van der Waals surface area contributed by atoms with Gasteiger partial charge >= 0.3 is 11.9 Å². The molecule has 4 aliphatic rings. The van der Waals surface area contributed by atoms with Gasteiger partial charge in [-0.15, -0.1) is 5.10 Å². The van der Waals surface area contributed by atoms with Gasteiger partial charge < -0.3 is 69.7 Å². The van der Waals surface area contributed by atoms with Gasteiger partial charge in [0.15, 0.2) is 24.8 Å². The van der Waals surface area contributed by atoms with Crippen molar-refractivity contribution >= 4 is 70.6 Å². The molecule has 1 aromatic heterocycles. The van der Waals surface area contributed by atoms with Crippen molar-refractivity contribution in [2.24, 2.45) is 17.8 Å². The molecule has 3 heterocycles. The van der Waals surface area contributed by atoms with Crippen molar-refractivity contribution < 1.29 is 117 Å². The summed E-state index contributed by atoms with van der Waals surface area (Å²) in [7, 11) is -15.5. The molecule has 2 aliphatic heterocycles. The molecule has 0 unspecified atom stereocenters. The van der Waals surface area contributed by atoms with E-state index in [1.807, 2.05) is 0 Å². The molecule has 2 saturated carbocycles. The summed E-state index contributed by atoms with van der Waals surface area (Å²) in [6, 6.07) is 10.2. The number of rotatable bonds is 25. The molecule has 33 heteroatoms. The zero-order valence-electron chi connectivity index (χ0n) is 47.7. The lowest BCUT2D eigenvalue weighted by atomic mass is 9.73. The largest absolute Gasteiger partial charge is 0.479 e. The number of nitrogens with one attached hydrogen (secondary N) is 2. The first-order valence-corrected chi connectivity index (χ1v) is 33.0. The average Bonchev–Trinajstić information content (AvgIpc) is 0.961. The number of aliphatic hydroxyl groups is 5. The van der Waals surface area contributed by atoms with E-state index >= 15 is 0 Å². The van der Waals surface area contributed by atoms with Gasteiger partial charge in [-0.2, -0.15) is 25.3 Å². The molecular formula is C55H73N5O25S3. The van der Waals surface area contributed by atoms with Crippen molar-refractivity contribution in [3.8, 4) is 0 Å². The molecule has 486 valence electrons. The highest BCUT2D eigenvalue weighted by Crippen LogP contribution is 2.42. The Morgan fingerprint density at radius 3 is 2.10 bits per heavy atom. The second-order valence-corrected chi connectivity index (χ2v) is 26.6. The fraction of sp³-hybridized carbons (Fsp3) is 0.600. The van der Waals surface area contributed by atoms with Crippen LogP contribution in [0.3, 0.4) is 0 Å². The van der Waals surface area contributed by atoms with Crippen LogP contribution in [0.4, 0.5) is 5.69 Å². The van der Waals surface area contributed by atoms with Crippen LogP contribution in [-0.4, -0.2) is 201 Å². The minimum Gasteiger partial charge on any atom is -0.479 e. The number of aliphatic carboxylic acids is 1. The van der Waals surface area contributed by atoms with Crippen LogP contribution >= 0.6 is 0 Å². The van der Waals surface area contributed by atoms with E-state index < -0.39 is 190 Å². The molecule has 0 radical (unpaired) electrons. The fourth-order valence-corrected chi connectivity index (χ4v) is 13.7. The van der Waals surface area contributed by atoms with E-state index in [4.69, 9.17) is 28.4 Å². The van der Waals surface area contributed by atoms with E-state index in [-0.39, 0.29) is 56.7 Å². The number of benzene rings is 3. The second kappa shape index (κ2) is 29.0. The zero-order valence-corrected chi connectivity index (χ0v) is 50.2. The van der Waals surface area contributed by atoms with Gasteiger partial charge in [-0.1, -0.05) is 62.4 Å². The molecule has 8 rings (SSSR count). The lowest BCUT2D eigenvalue weighted by Gasteiger charge is -2.49. The highest BCUT2D eigenvalue weighted by Gasteiger charge is 2.54.